The third kappa shape index (κ3) is 10.2. The summed E-state index contributed by atoms with van der Waals surface area (Å²) in [6.07, 6.45) is 9.20. The molecular weight excluding hydrogens is 635 g/mol. The molecule has 5 fully saturated rings. The van der Waals surface area contributed by atoms with Crippen LogP contribution >= 0.6 is 7.75 Å². The number of hydrogen-bond acceptors (Lipinski definition) is 10. The van der Waals surface area contributed by atoms with E-state index in [0.717, 1.165) is 43.1 Å². The van der Waals surface area contributed by atoms with Crippen LogP contribution in [0.5, 0.6) is 0 Å². The van der Waals surface area contributed by atoms with Crippen molar-refractivity contribution in [2.24, 2.45) is 4.99 Å². The second-order valence-corrected chi connectivity index (χ2v) is 14.5. The van der Waals surface area contributed by atoms with Crippen molar-refractivity contribution >= 4 is 13.7 Å². The first-order valence-electron chi connectivity index (χ1n) is 17.0. The number of hydrogen-bond donors (Lipinski definition) is 5. The van der Waals surface area contributed by atoms with Crippen LogP contribution in [0.1, 0.15) is 70.4 Å². The van der Waals surface area contributed by atoms with Gasteiger partial charge in [-0.1, -0.05) is 38.5 Å². The first-order valence-corrected chi connectivity index (χ1v) is 18.5. The highest BCUT2D eigenvalue weighted by molar-refractivity contribution is 7.50. The Balaban J connectivity index is 0.000000189. The number of guanidine groups is 1. The van der Waals surface area contributed by atoms with Crippen LogP contribution in [0.25, 0.3) is 0 Å². The smallest absolute Gasteiger partial charge is 0.387 e. The maximum absolute atomic E-state index is 12.3. The molecule has 1 aromatic heterocycles. The number of rotatable bonds is 7. The number of nitrogens with zero attached hydrogens (tertiary/aromatic N) is 4. The highest BCUT2D eigenvalue weighted by Gasteiger charge is 2.45. The van der Waals surface area contributed by atoms with E-state index in [1.54, 1.807) is 0 Å². The van der Waals surface area contributed by atoms with E-state index in [9.17, 15) is 29.3 Å². The molecule has 4 heterocycles. The Bertz CT molecular complexity index is 1300. The van der Waals surface area contributed by atoms with E-state index in [1.165, 1.54) is 74.8 Å². The number of aromatic amines is 1. The summed E-state index contributed by atoms with van der Waals surface area (Å²) in [6.45, 7) is 4.24. The van der Waals surface area contributed by atoms with Gasteiger partial charge in [-0.3, -0.25) is 18.9 Å². The fourth-order valence-corrected chi connectivity index (χ4v) is 7.75. The predicted octanol–water partition coefficient (Wildman–Crippen LogP) is 0.535. The lowest BCUT2D eigenvalue weighted by molar-refractivity contribution is -0.0545. The van der Waals surface area contributed by atoms with E-state index in [4.69, 9.17) is 23.7 Å². The number of aliphatic hydroxyl groups excluding tert-OH is 2. The molecule has 266 valence electrons. The summed E-state index contributed by atoms with van der Waals surface area (Å²) in [6, 6.07) is 2.25. The fourth-order valence-electron chi connectivity index (χ4n) is 6.58. The van der Waals surface area contributed by atoms with Gasteiger partial charge in [-0.05, 0) is 25.7 Å². The second kappa shape index (κ2) is 17.5. The average molecular weight is 687 g/mol. The average Bonchev–Trinajstić information content (AvgIpc) is 3.38. The van der Waals surface area contributed by atoms with Gasteiger partial charge < -0.3 is 39.5 Å². The normalized spacial score (nSPS) is 29.9. The van der Waals surface area contributed by atoms with Crippen molar-refractivity contribution in [2.45, 2.75) is 101 Å². The number of nitrogens with one attached hydrogen (secondary N) is 2. The summed E-state index contributed by atoms with van der Waals surface area (Å²) in [7, 11) is -4.11. The molecule has 5 atom stereocenters. The van der Waals surface area contributed by atoms with E-state index < -0.39 is 50.1 Å². The van der Waals surface area contributed by atoms with E-state index in [2.05, 4.69) is 10.2 Å². The molecule has 1 unspecified atom stereocenters. The minimum Gasteiger partial charge on any atom is -0.387 e. The van der Waals surface area contributed by atoms with Gasteiger partial charge in [0.15, 0.2) is 12.2 Å². The van der Waals surface area contributed by atoms with Crippen molar-refractivity contribution in [3.8, 4) is 0 Å². The molecule has 47 heavy (non-hydrogen) atoms. The van der Waals surface area contributed by atoms with E-state index >= 15 is 0 Å². The monoisotopic (exact) mass is 686 g/mol. The molecule has 0 amide bonds. The van der Waals surface area contributed by atoms with Crippen molar-refractivity contribution in [2.75, 3.05) is 59.2 Å². The van der Waals surface area contributed by atoms with Gasteiger partial charge in [0.05, 0.1) is 39.1 Å². The van der Waals surface area contributed by atoms with E-state index in [1.807, 2.05) is 4.98 Å². The Morgan fingerprint density at radius 3 is 2.19 bits per heavy atom. The molecule has 3 saturated heterocycles. The minimum atomic E-state index is -4.11. The number of morpholine rings is 2. The lowest BCUT2D eigenvalue weighted by Gasteiger charge is -2.34. The lowest BCUT2D eigenvalue weighted by atomic mass is 9.95. The summed E-state index contributed by atoms with van der Waals surface area (Å²) in [5.74, 6) is 1.18. The van der Waals surface area contributed by atoms with Gasteiger partial charge in [-0.15, -0.1) is 0 Å². The van der Waals surface area contributed by atoms with Crippen LogP contribution < -0.4 is 16.6 Å². The summed E-state index contributed by atoms with van der Waals surface area (Å²) in [5.41, 5.74) is -1.44. The Labute approximate surface area is 274 Å². The van der Waals surface area contributed by atoms with Crippen molar-refractivity contribution < 1.29 is 38.4 Å². The summed E-state index contributed by atoms with van der Waals surface area (Å²) in [5, 5.41) is 24.0. The van der Waals surface area contributed by atoms with Gasteiger partial charge in [0.25, 0.3) is 5.56 Å². The molecule has 6 rings (SSSR count). The molecule has 5 aliphatic rings. The fraction of sp³-hybridized carbons (Fsp3) is 0.833. The van der Waals surface area contributed by atoms with Crippen LogP contribution in [-0.4, -0.2) is 130 Å². The molecule has 2 saturated carbocycles. The Morgan fingerprint density at radius 1 is 0.936 bits per heavy atom. The molecule has 0 spiro atoms. The third-order valence-corrected chi connectivity index (χ3v) is 10.9. The molecular formula is C30H51N6O10P. The van der Waals surface area contributed by atoms with Gasteiger partial charge in [-0.2, -0.15) is 0 Å². The SMILES string of the molecule is C1CCC(N=C(NC2CCCCC2)N2CCOCC2)CC1.O=c1ccn([C@@H]2O[C@H](COP(=O)(O)N3CCOCC3)[C@@H](O)[C@H]2O)c(=O)[nH]1. The standard InChI is InChI=1S/C17H31N3O.C13H20N3O9P/c1-3-7-15(8-4-1)18-17(20-11-13-21-14-12-20)19-16-9-5-2-6-10-16;17-9-1-2-16(13(20)14-9)12-11(19)10(18)8(25-12)7-24-26(21,22)15-3-5-23-6-4-15/h15-16H,1-14H2,(H,18,19);1-2,8,10-12,18-19H,3-7H2,(H,21,22)(H,14,17,20)/t;8-,10-,11-,12-/m.1/s1. The summed E-state index contributed by atoms with van der Waals surface area (Å²) >= 11 is 0. The first-order chi connectivity index (χ1) is 22.7. The number of aliphatic imine (C=N–C) groups is 1. The Morgan fingerprint density at radius 2 is 1.55 bits per heavy atom. The van der Waals surface area contributed by atoms with Crippen molar-refractivity contribution in [3.63, 3.8) is 0 Å². The predicted molar refractivity (Wildman–Crippen MR) is 172 cm³/mol. The van der Waals surface area contributed by atoms with Crippen LogP contribution in [0.4, 0.5) is 0 Å². The minimum absolute atomic E-state index is 0.222. The molecule has 2 aliphatic carbocycles. The molecule has 17 heteroatoms. The molecule has 0 aromatic carbocycles. The molecule has 0 radical (unpaired) electrons. The zero-order chi connectivity index (χ0) is 33.2. The molecule has 3 aliphatic heterocycles. The lowest BCUT2D eigenvalue weighted by Crippen LogP contribution is -2.51. The largest absolute Gasteiger partial charge is 0.405 e. The number of H-pyrrole nitrogens is 1. The molecule has 0 bridgehead atoms. The Kier molecular flexibility index (Phi) is 13.5. The van der Waals surface area contributed by atoms with Crippen LogP contribution in [0.2, 0.25) is 0 Å². The Hall–Kier alpha value is -2.14. The maximum Gasteiger partial charge on any atom is 0.405 e. The van der Waals surface area contributed by atoms with Crippen LogP contribution in [0.15, 0.2) is 26.8 Å². The van der Waals surface area contributed by atoms with Gasteiger partial charge in [0, 0.05) is 44.5 Å². The van der Waals surface area contributed by atoms with Crippen molar-refractivity contribution in [3.05, 3.63) is 33.1 Å². The van der Waals surface area contributed by atoms with Crippen molar-refractivity contribution in [1.29, 1.82) is 0 Å². The van der Waals surface area contributed by atoms with Gasteiger partial charge in [0.1, 0.15) is 18.3 Å². The zero-order valence-electron chi connectivity index (χ0n) is 27.0. The van der Waals surface area contributed by atoms with Crippen LogP contribution in [0, 0.1) is 0 Å². The summed E-state index contributed by atoms with van der Waals surface area (Å²) in [4.78, 5) is 42.5. The third-order valence-electron chi connectivity index (χ3n) is 9.34. The zero-order valence-corrected chi connectivity index (χ0v) is 27.9. The first kappa shape index (κ1) is 36.1. The van der Waals surface area contributed by atoms with Crippen molar-refractivity contribution in [1.82, 2.24) is 24.4 Å². The molecule has 16 nitrogen and oxygen atoms in total. The number of aliphatic hydroxyl groups is 2. The van der Waals surface area contributed by atoms with Crippen LogP contribution in [-0.2, 0) is 23.3 Å². The molecule has 5 N–H and O–H groups in total. The van der Waals surface area contributed by atoms with Crippen LogP contribution in [0.3, 0.4) is 0 Å². The van der Waals surface area contributed by atoms with Gasteiger partial charge in [-0.25, -0.2) is 19.0 Å². The maximum atomic E-state index is 12.3. The topological polar surface area (TPSA) is 200 Å². The highest BCUT2D eigenvalue weighted by Crippen LogP contribution is 2.47. The highest BCUT2D eigenvalue weighted by atomic mass is 31.2. The molecule has 1 aromatic rings. The number of aromatic nitrogens is 2. The number of ether oxygens (including phenoxy) is 3. The van der Waals surface area contributed by atoms with E-state index in [-0.39, 0.29) is 13.1 Å². The second-order valence-electron chi connectivity index (χ2n) is 12.7. The van der Waals surface area contributed by atoms with Gasteiger partial charge >= 0.3 is 13.4 Å². The van der Waals surface area contributed by atoms with Gasteiger partial charge in [0.2, 0.25) is 0 Å². The quantitative estimate of drug-likeness (QED) is 0.151. The summed E-state index contributed by atoms with van der Waals surface area (Å²) < 4.78 is 35.5. The van der Waals surface area contributed by atoms with E-state index in [0.29, 0.717) is 25.3 Å².